The summed E-state index contributed by atoms with van der Waals surface area (Å²) < 4.78 is 95.4. The van der Waals surface area contributed by atoms with Gasteiger partial charge in [-0.05, 0) is 48.9 Å². The molecule has 0 saturated carbocycles. The summed E-state index contributed by atoms with van der Waals surface area (Å²) in [6.07, 6.45) is -3.42. The van der Waals surface area contributed by atoms with Gasteiger partial charge in [-0.25, -0.2) is 17.8 Å². The quantitative estimate of drug-likeness (QED) is 0.204. The summed E-state index contributed by atoms with van der Waals surface area (Å²) in [5.41, 5.74) is -0.944. The van der Waals surface area contributed by atoms with Crippen LogP contribution in [0.15, 0.2) is 53.6 Å². The maximum atomic E-state index is 14.3. The molecule has 1 amide bonds. The molecule has 0 saturated heterocycles. The van der Waals surface area contributed by atoms with Gasteiger partial charge < -0.3 is 19.9 Å². The number of hydrogen-bond acceptors (Lipinski definition) is 7. The van der Waals surface area contributed by atoms with Crippen molar-refractivity contribution in [2.75, 3.05) is 24.0 Å². The average molecular weight is 672 g/mol. The number of rotatable bonds is 11. The molecule has 1 aliphatic heterocycles. The number of carboxylic acid groups (broad SMARTS) is 1. The molecule has 2 N–H and O–H groups in total. The van der Waals surface area contributed by atoms with Crippen molar-refractivity contribution < 1.29 is 50.1 Å². The Kier molecular flexibility index (Phi) is 10.2. The van der Waals surface area contributed by atoms with E-state index in [1.54, 1.807) is 0 Å². The first-order valence-corrected chi connectivity index (χ1v) is 15.2. The number of pyridine rings is 1. The minimum atomic E-state index is -4.92. The SMILES string of the molecule is CCOc1ncc(C(F)(F)F)cc1S(=O)(=O)N1CC(CNC(=O)CCC(=O)O)Oc2ccc(C=Cc3c(F)cccc3Cl)cc21. The van der Waals surface area contributed by atoms with E-state index in [1.165, 1.54) is 55.5 Å². The molecule has 0 spiro atoms. The molecule has 240 valence electrons. The Bertz CT molecular complexity index is 1710. The lowest BCUT2D eigenvalue weighted by Gasteiger charge is -2.36. The lowest BCUT2D eigenvalue weighted by Crippen LogP contribution is -2.48. The summed E-state index contributed by atoms with van der Waals surface area (Å²) in [7, 11) is -4.83. The molecule has 45 heavy (non-hydrogen) atoms. The molecule has 1 aromatic heterocycles. The number of sulfonamides is 1. The first-order valence-electron chi connectivity index (χ1n) is 13.3. The Hall–Kier alpha value is -4.37. The maximum absolute atomic E-state index is 14.3. The van der Waals surface area contributed by atoms with Crippen LogP contribution in [-0.4, -0.2) is 56.2 Å². The molecular weight excluding hydrogens is 646 g/mol. The first-order chi connectivity index (χ1) is 21.2. The van der Waals surface area contributed by atoms with Crippen LogP contribution < -0.4 is 19.1 Å². The molecule has 0 fully saturated rings. The van der Waals surface area contributed by atoms with E-state index in [2.05, 4.69) is 10.3 Å². The number of amides is 1. The highest BCUT2D eigenvalue weighted by Crippen LogP contribution is 2.41. The summed E-state index contributed by atoms with van der Waals surface area (Å²) in [5, 5.41) is 11.4. The minimum Gasteiger partial charge on any atom is -0.484 e. The fourth-order valence-electron chi connectivity index (χ4n) is 4.29. The molecule has 1 aliphatic rings. The van der Waals surface area contributed by atoms with E-state index >= 15 is 0 Å². The molecule has 4 rings (SSSR count). The standard InChI is InChI=1S/C29H26ClF4N3O7S/c1-2-43-28-25(13-18(14-36-28)29(32,33)34)45(41,42)37-16-19(15-35-26(38)10-11-27(39)40)44-24-9-7-17(12-23(24)37)6-8-20-21(30)4-3-5-22(20)31/h3-9,12-14,19H,2,10-11,15-16H2,1H3,(H,35,38)(H,39,40). The van der Waals surface area contributed by atoms with Gasteiger partial charge in [0, 0.05) is 18.2 Å². The molecule has 1 unspecified atom stereocenters. The number of aromatic nitrogens is 1. The van der Waals surface area contributed by atoms with Crippen LogP contribution in [0.2, 0.25) is 5.02 Å². The zero-order chi connectivity index (χ0) is 32.9. The van der Waals surface area contributed by atoms with E-state index in [4.69, 9.17) is 26.2 Å². The number of aliphatic carboxylic acids is 1. The predicted molar refractivity (Wildman–Crippen MR) is 156 cm³/mol. The van der Waals surface area contributed by atoms with Crippen LogP contribution >= 0.6 is 11.6 Å². The fourth-order valence-corrected chi connectivity index (χ4v) is 6.12. The number of carboxylic acids is 1. The Morgan fingerprint density at radius 3 is 2.62 bits per heavy atom. The fraction of sp³-hybridized carbons (Fsp3) is 0.276. The number of benzene rings is 2. The van der Waals surface area contributed by atoms with Crippen molar-refractivity contribution in [3.8, 4) is 11.6 Å². The van der Waals surface area contributed by atoms with Gasteiger partial charge in [-0.1, -0.05) is 29.8 Å². The lowest BCUT2D eigenvalue weighted by molar-refractivity contribution is -0.139. The smallest absolute Gasteiger partial charge is 0.417 e. The van der Waals surface area contributed by atoms with E-state index in [0.717, 1.165) is 4.31 Å². The second-order valence-corrected chi connectivity index (χ2v) is 11.9. The normalized spacial score (nSPS) is 15.0. The highest BCUT2D eigenvalue weighted by atomic mass is 35.5. The molecule has 0 aliphatic carbocycles. The number of carbonyl (C=O) groups is 2. The summed E-state index contributed by atoms with van der Waals surface area (Å²) >= 11 is 6.09. The summed E-state index contributed by atoms with van der Waals surface area (Å²) in [4.78, 5) is 25.7. The Balaban J connectivity index is 1.77. The van der Waals surface area contributed by atoms with Crippen LogP contribution in [0.3, 0.4) is 0 Å². The number of ether oxygens (including phenoxy) is 2. The number of nitrogens with one attached hydrogen (secondary N) is 1. The van der Waals surface area contributed by atoms with Crippen molar-refractivity contribution in [1.29, 1.82) is 0 Å². The molecule has 0 radical (unpaired) electrons. The monoisotopic (exact) mass is 671 g/mol. The summed E-state index contributed by atoms with van der Waals surface area (Å²) in [5.74, 6) is -2.96. The second-order valence-electron chi connectivity index (χ2n) is 9.63. The van der Waals surface area contributed by atoms with E-state index in [9.17, 15) is 35.6 Å². The van der Waals surface area contributed by atoms with Crippen LogP contribution in [0.5, 0.6) is 11.6 Å². The van der Waals surface area contributed by atoms with E-state index in [-0.39, 0.29) is 41.6 Å². The Morgan fingerprint density at radius 2 is 1.96 bits per heavy atom. The average Bonchev–Trinajstić information content (AvgIpc) is 2.98. The van der Waals surface area contributed by atoms with Gasteiger partial charge in [0.05, 0.1) is 42.4 Å². The number of carbonyl (C=O) groups excluding carboxylic acids is 1. The number of halogens is 5. The molecule has 2 aromatic carbocycles. The zero-order valence-electron chi connectivity index (χ0n) is 23.5. The number of hydrogen-bond donors (Lipinski definition) is 2. The van der Waals surface area contributed by atoms with Crippen molar-refractivity contribution in [1.82, 2.24) is 10.3 Å². The Morgan fingerprint density at radius 1 is 1.20 bits per heavy atom. The van der Waals surface area contributed by atoms with E-state index in [0.29, 0.717) is 17.8 Å². The van der Waals surface area contributed by atoms with Gasteiger partial charge in [0.25, 0.3) is 10.0 Å². The van der Waals surface area contributed by atoms with Crippen molar-refractivity contribution in [3.63, 3.8) is 0 Å². The van der Waals surface area contributed by atoms with Crippen molar-refractivity contribution in [2.24, 2.45) is 0 Å². The van der Waals surface area contributed by atoms with Gasteiger partial charge in [-0.2, -0.15) is 13.2 Å². The maximum Gasteiger partial charge on any atom is 0.417 e. The number of nitrogens with zero attached hydrogens (tertiary/aromatic N) is 2. The van der Waals surface area contributed by atoms with E-state index < -0.39 is 69.3 Å². The molecule has 3 aromatic rings. The minimum absolute atomic E-state index is 0.00794. The van der Waals surface area contributed by atoms with Crippen molar-refractivity contribution in [3.05, 3.63) is 76.2 Å². The van der Waals surface area contributed by atoms with E-state index in [1.807, 2.05) is 0 Å². The van der Waals surface area contributed by atoms with Gasteiger partial charge in [-0.15, -0.1) is 0 Å². The van der Waals surface area contributed by atoms with Gasteiger partial charge in [-0.3, -0.25) is 13.9 Å². The number of fused-ring (bicyclic) bond motifs is 1. The van der Waals surface area contributed by atoms with Crippen LogP contribution in [0.1, 0.15) is 36.5 Å². The molecule has 10 nitrogen and oxygen atoms in total. The zero-order valence-corrected chi connectivity index (χ0v) is 25.0. The highest BCUT2D eigenvalue weighted by Gasteiger charge is 2.39. The van der Waals surface area contributed by atoms with Crippen LogP contribution in [0.4, 0.5) is 23.2 Å². The van der Waals surface area contributed by atoms with Gasteiger partial charge in [0.1, 0.15) is 17.7 Å². The van der Waals surface area contributed by atoms with Crippen LogP contribution in [0, 0.1) is 5.82 Å². The third-order valence-corrected chi connectivity index (χ3v) is 8.55. The molecule has 1 atom stereocenters. The third kappa shape index (κ3) is 8.02. The summed E-state index contributed by atoms with van der Waals surface area (Å²) in [6, 6.07) is 8.86. The molecule has 0 bridgehead atoms. The first kappa shape index (κ1) is 33.5. The summed E-state index contributed by atoms with van der Waals surface area (Å²) in [6.45, 7) is 0.682. The third-order valence-electron chi connectivity index (χ3n) is 6.44. The largest absolute Gasteiger partial charge is 0.484 e. The number of alkyl halides is 3. The van der Waals surface area contributed by atoms with Crippen LogP contribution in [0.25, 0.3) is 12.2 Å². The van der Waals surface area contributed by atoms with Gasteiger partial charge in [0.15, 0.2) is 4.90 Å². The van der Waals surface area contributed by atoms with Crippen LogP contribution in [-0.2, 0) is 25.8 Å². The molecular formula is C29H26ClF4N3O7S. The topological polar surface area (TPSA) is 135 Å². The highest BCUT2D eigenvalue weighted by molar-refractivity contribution is 7.93. The number of anilines is 1. The lowest BCUT2D eigenvalue weighted by atomic mass is 10.1. The second kappa shape index (κ2) is 13.7. The Labute approximate surface area is 260 Å². The predicted octanol–water partition coefficient (Wildman–Crippen LogP) is 5.40. The van der Waals surface area contributed by atoms with Gasteiger partial charge >= 0.3 is 12.1 Å². The van der Waals surface area contributed by atoms with Crippen molar-refractivity contribution >= 4 is 51.3 Å². The molecule has 2 heterocycles. The molecule has 16 heteroatoms. The van der Waals surface area contributed by atoms with Gasteiger partial charge in [0.2, 0.25) is 11.8 Å². The van der Waals surface area contributed by atoms with Crippen molar-refractivity contribution in [2.45, 2.75) is 36.9 Å².